The van der Waals surface area contributed by atoms with Gasteiger partial charge in [-0.05, 0) is 25.0 Å². The smallest absolute Gasteiger partial charge is 0.257 e. The van der Waals surface area contributed by atoms with Gasteiger partial charge in [-0.15, -0.1) is 0 Å². The third-order valence-corrected chi connectivity index (χ3v) is 7.69. The van der Waals surface area contributed by atoms with Gasteiger partial charge in [-0.25, -0.2) is 0 Å². The number of aromatic amines is 1. The van der Waals surface area contributed by atoms with Crippen molar-refractivity contribution >= 4 is 46.0 Å². The molecule has 6 rings (SSSR count). The zero-order valence-electron chi connectivity index (χ0n) is 21.8. The second kappa shape index (κ2) is 11.4. The summed E-state index contributed by atoms with van der Waals surface area (Å²) in [6.07, 6.45) is 3.58. The van der Waals surface area contributed by atoms with E-state index in [1.807, 2.05) is 4.90 Å². The monoisotopic (exact) mass is 557 g/mol. The van der Waals surface area contributed by atoms with E-state index in [1.165, 1.54) is 0 Å². The Labute approximate surface area is 230 Å². The number of halogens is 1. The number of carbonyl (C=O) groups is 1. The first-order valence-corrected chi connectivity index (χ1v) is 13.6. The van der Waals surface area contributed by atoms with Crippen LogP contribution in [0.2, 0.25) is 5.02 Å². The SMILES string of the molecule is COCCNc1nc(Nc2ccc(C(=O)N3CCC(N4CCOCC4)CC3)c3c2OCO3)nc2[nH]cc(Cl)c12. The van der Waals surface area contributed by atoms with E-state index in [4.69, 9.17) is 30.5 Å². The van der Waals surface area contributed by atoms with Crippen LogP contribution in [0.5, 0.6) is 11.5 Å². The fourth-order valence-corrected chi connectivity index (χ4v) is 5.62. The van der Waals surface area contributed by atoms with Crippen molar-refractivity contribution in [1.29, 1.82) is 0 Å². The van der Waals surface area contributed by atoms with Crippen LogP contribution in [-0.4, -0.2) is 103 Å². The summed E-state index contributed by atoms with van der Waals surface area (Å²) in [5.74, 6) is 1.76. The van der Waals surface area contributed by atoms with E-state index in [9.17, 15) is 4.79 Å². The minimum absolute atomic E-state index is 0.0311. The molecule has 0 aliphatic carbocycles. The number of ether oxygens (including phenoxy) is 4. The molecule has 5 heterocycles. The summed E-state index contributed by atoms with van der Waals surface area (Å²) < 4.78 is 22.2. The average Bonchev–Trinajstić information content (AvgIpc) is 3.61. The highest BCUT2D eigenvalue weighted by molar-refractivity contribution is 6.36. The van der Waals surface area contributed by atoms with Gasteiger partial charge in [0.1, 0.15) is 11.5 Å². The number of anilines is 3. The molecule has 3 aromatic rings. The number of fused-ring (bicyclic) bond motifs is 2. The maximum absolute atomic E-state index is 13.5. The van der Waals surface area contributed by atoms with Crippen LogP contribution < -0.4 is 20.1 Å². The van der Waals surface area contributed by atoms with Crippen LogP contribution in [0.15, 0.2) is 18.3 Å². The number of carbonyl (C=O) groups excluding carboxylic acids is 1. The zero-order chi connectivity index (χ0) is 26.8. The van der Waals surface area contributed by atoms with Gasteiger partial charge in [0.15, 0.2) is 11.5 Å². The minimum Gasteiger partial charge on any atom is -0.453 e. The van der Waals surface area contributed by atoms with Crippen LogP contribution in [0.25, 0.3) is 11.0 Å². The van der Waals surface area contributed by atoms with E-state index in [1.54, 1.807) is 25.4 Å². The van der Waals surface area contributed by atoms with Crippen molar-refractivity contribution in [3.05, 3.63) is 28.9 Å². The Hall–Kier alpha value is -3.32. The second-order valence-electron chi connectivity index (χ2n) is 9.70. The van der Waals surface area contributed by atoms with Gasteiger partial charge in [0.05, 0.1) is 41.5 Å². The van der Waals surface area contributed by atoms with Crippen molar-refractivity contribution in [2.45, 2.75) is 18.9 Å². The lowest BCUT2D eigenvalue weighted by Crippen LogP contribution is -2.50. The number of nitrogens with one attached hydrogen (secondary N) is 3. The highest BCUT2D eigenvalue weighted by Gasteiger charge is 2.32. The van der Waals surface area contributed by atoms with E-state index < -0.39 is 0 Å². The molecule has 3 aliphatic rings. The van der Waals surface area contributed by atoms with Crippen LogP contribution in [0.3, 0.4) is 0 Å². The number of likely N-dealkylation sites (tertiary alicyclic amines) is 1. The third-order valence-electron chi connectivity index (χ3n) is 7.39. The Kier molecular flexibility index (Phi) is 7.60. The quantitative estimate of drug-likeness (QED) is 0.356. The fraction of sp³-hybridized carbons (Fsp3) is 0.500. The van der Waals surface area contributed by atoms with Crippen LogP contribution >= 0.6 is 11.6 Å². The van der Waals surface area contributed by atoms with E-state index in [0.717, 1.165) is 39.1 Å². The van der Waals surface area contributed by atoms with Crippen molar-refractivity contribution < 1.29 is 23.7 Å². The highest BCUT2D eigenvalue weighted by Crippen LogP contribution is 2.44. The number of hydrogen-bond donors (Lipinski definition) is 3. The molecule has 0 radical (unpaired) electrons. The van der Waals surface area contributed by atoms with Gasteiger partial charge < -0.3 is 39.5 Å². The third kappa shape index (κ3) is 5.29. The molecular weight excluding hydrogens is 526 g/mol. The number of aromatic nitrogens is 3. The first-order valence-electron chi connectivity index (χ1n) is 13.2. The fourth-order valence-electron chi connectivity index (χ4n) is 5.38. The molecule has 3 aliphatic heterocycles. The summed E-state index contributed by atoms with van der Waals surface area (Å²) in [6.45, 7) is 6.01. The topological polar surface area (TPSA) is 126 Å². The molecule has 39 heavy (non-hydrogen) atoms. The molecular formula is C26H32ClN7O5. The molecule has 0 bridgehead atoms. The molecule has 12 nitrogen and oxygen atoms in total. The second-order valence-corrected chi connectivity index (χ2v) is 10.1. The Balaban J connectivity index is 1.19. The predicted molar refractivity (Wildman–Crippen MR) is 146 cm³/mol. The molecule has 1 amide bonds. The standard InChI is InChI=1S/C26H32ClN7O5/c1-36-11-6-28-23-20-18(27)14-29-24(20)32-26(31-23)30-19-3-2-17(21-22(19)39-15-38-21)25(35)34-7-4-16(5-8-34)33-9-12-37-13-10-33/h2-3,14,16H,4-13,15H2,1H3,(H3,28,29,30,31,32). The van der Waals surface area contributed by atoms with Gasteiger partial charge in [0.2, 0.25) is 12.7 Å². The lowest BCUT2D eigenvalue weighted by molar-refractivity contribution is 0.00155. The Morgan fingerprint density at radius 1 is 1.15 bits per heavy atom. The summed E-state index contributed by atoms with van der Waals surface area (Å²) in [5.41, 5.74) is 1.68. The number of piperidine rings is 1. The van der Waals surface area contributed by atoms with Crippen molar-refractivity contribution in [3.63, 3.8) is 0 Å². The Morgan fingerprint density at radius 2 is 1.95 bits per heavy atom. The molecule has 0 spiro atoms. The van der Waals surface area contributed by atoms with E-state index in [0.29, 0.717) is 82.9 Å². The number of morpholine rings is 1. The van der Waals surface area contributed by atoms with Crippen LogP contribution in [0, 0.1) is 0 Å². The maximum Gasteiger partial charge on any atom is 0.257 e. The molecule has 2 saturated heterocycles. The van der Waals surface area contributed by atoms with Crippen molar-refractivity contribution in [2.24, 2.45) is 0 Å². The molecule has 13 heteroatoms. The van der Waals surface area contributed by atoms with Gasteiger partial charge in [0.25, 0.3) is 5.91 Å². The van der Waals surface area contributed by atoms with Crippen molar-refractivity contribution in [3.8, 4) is 11.5 Å². The molecule has 2 fully saturated rings. The predicted octanol–water partition coefficient (Wildman–Crippen LogP) is 3.08. The molecule has 3 N–H and O–H groups in total. The van der Waals surface area contributed by atoms with Gasteiger partial charge in [-0.3, -0.25) is 9.69 Å². The number of benzene rings is 1. The van der Waals surface area contributed by atoms with Gasteiger partial charge in [-0.2, -0.15) is 9.97 Å². The molecule has 1 aromatic carbocycles. The lowest BCUT2D eigenvalue weighted by atomic mass is 10.0. The van der Waals surface area contributed by atoms with Crippen LogP contribution in [0.4, 0.5) is 17.5 Å². The number of methoxy groups -OCH3 is 1. The number of rotatable bonds is 8. The van der Waals surface area contributed by atoms with Gasteiger partial charge in [0, 0.05) is 52.1 Å². The number of nitrogens with zero attached hydrogens (tertiary/aromatic N) is 4. The molecule has 2 aromatic heterocycles. The maximum atomic E-state index is 13.5. The van der Waals surface area contributed by atoms with E-state index in [-0.39, 0.29) is 12.7 Å². The normalized spacial score (nSPS) is 18.1. The minimum atomic E-state index is -0.0490. The summed E-state index contributed by atoms with van der Waals surface area (Å²) >= 11 is 6.36. The van der Waals surface area contributed by atoms with Crippen molar-refractivity contribution in [1.82, 2.24) is 24.8 Å². The highest BCUT2D eigenvalue weighted by atomic mass is 35.5. The van der Waals surface area contributed by atoms with Gasteiger partial charge >= 0.3 is 0 Å². The molecule has 208 valence electrons. The Morgan fingerprint density at radius 3 is 2.74 bits per heavy atom. The Bertz CT molecular complexity index is 1340. The largest absolute Gasteiger partial charge is 0.453 e. The first kappa shape index (κ1) is 25.9. The number of amides is 1. The lowest BCUT2D eigenvalue weighted by Gasteiger charge is -2.40. The summed E-state index contributed by atoms with van der Waals surface area (Å²) in [5, 5.41) is 7.68. The van der Waals surface area contributed by atoms with E-state index in [2.05, 4.69) is 30.5 Å². The number of hydrogen-bond acceptors (Lipinski definition) is 10. The van der Waals surface area contributed by atoms with Crippen molar-refractivity contribution in [2.75, 3.05) is 77.1 Å². The van der Waals surface area contributed by atoms with E-state index >= 15 is 0 Å². The molecule has 0 saturated carbocycles. The number of H-pyrrole nitrogens is 1. The summed E-state index contributed by atoms with van der Waals surface area (Å²) in [6, 6.07) is 4.07. The molecule has 0 unspecified atom stereocenters. The zero-order valence-corrected chi connectivity index (χ0v) is 22.6. The first-order chi connectivity index (χ1) is 19.1. The molecule has 0 atom stereocenters. The average molecular weight is 558 g/mol. The van der Waals surface area contributed by atoms with Gasteiger partial charge in [-0.1, -0.05) is 11.6 Å². The van der Waals surface area contributed by atoms with Crippen LogP contribution in [0.1, 0.15) is 23.2 Å². The summed E-state index contributed by atoms with van der Waals surface area (Å²) in [4.78, 5) is 30.2. The summed E-state index contributed by atoms with van der Waals surface area (Å²) in [7, 11) is 1.64. The van der Waals surface area contributed by atoms with Crippen LogP contribution in [-0.2, 0) is 9.47 Å².